The molecule has 1 aliphatic carbocycles. The van der Waals surface area contributed by atoms with E-state index in [-0.39, 0.29) is 35.1 Å². The van der Waals surface area contributed by atoms with Crippen LogP contribution in [0.15, 0.2) is 36.4 Å². The zero-order valence-electron chi connectivity index (χ0n) is 16.1. The molecular weight excluding hydrogens is 395 g/mol. The van der Waals surface area contributed by atoms with Crippen molar-refractivity contribution in [2.75, 3.05) is 18.1 Å². The van der Waals surface area contributed by atoms with Gasteiger partial charge in [0.05, 0.1) is 22.5 Å². The van der Waals surface area contributed by atoms with Gasteiger partial charge in [-0.15, -0.1) is 0 Å². The Morgan fingerprint density at radius 2 is 1.97 bits per heavy atom. The van der Waals surface area contributed by atoms with E-state index in [1.807, 2.05) is 12.2 Å². The van der Waals surface area contributed by atoms with Gasteiger partial charge in [-0.3, -0.25) is 9.59 Å². The largest absolute Gasteiger partial charge is 0.352 e. The lowest BCUT2D eigenvalue weighted by Gasteiger charge is -2.39. The summed E-state index contributed by atoms with van der Waals surface area (Å²) in [5.41, 5.74) is -0.800. The van der Waals surface area contributed by atoms with Crippen molar-refractivity contribution in [2.24, 2.45) is 5.41 Å². The van der Waals surface area contributed by atoms with Crippen LogP contribution in [0, 0.1) is 11.2 Å². The zero-order valence-corrected chi connectivity index (χ0v) is 17.0. The predicted molar refractivity (Wildman–Crippen MR) is 106 cm³/mol. The van der Waals surface area contributed by atoms with Crippen LogP contribution in [-0.2, 0) is 14.6 Å². The van der Waals surface area contributed by atoms with E-state index in [1.165, 1.54) is 18.2 Å². The van der Waals surface area contributed by atoms with Gasteiger partial charge in [0.15, 0.2) is 9.84 Å². The Hall–Kier alpha value is -2.22. The number of nitrogens with zero attached hydrogens (tertiary/aromatic N) is 1. The lowest BCUT2D eigenvalue weighted by atomic mass is 9.77. The Kier molecular flexibility index (Phi) is 5.23. The van der Waals surface area contributed by atoms with Crippen molar-refractivity contribution in [1.82, 2.24) is 10.2 Å². The van der Waals surface area contributed by atoms with Gasteiger partial charge in [0.2, 0.25) is 5.91 Å². The third-order valence-corrected chi connectivity index (χ3v) is 8.22. The van der Waals surface area contributed by atoms with Gasteiger partial charge >= 0.3 is 0 Å². The fourth-order valence-electron chi connectivity index (χ4n) is 4.96. The highest BCUT2D eigenvalue weighted by atomic mass is 32.2. The first-order valence-electron chi connectivity index (χ1n) is 10.0. The van der Waals surface area contributed by atoms with Crippen molar-refractivity contribution in [3.05, 3.63) is 47.8 Å². The molecule has 0 aromatic heterocycles. The maximum absolute atomic E-state index is 14.2. The Labute approximate surface area is 170 Å². The second-order valence-corrected chi connectivity index (χ2v) is 10.5. The summed E-state index contributed by atoms with van der Waals surface area (Å²) in [6.07, 6.45) is 6.75. The van der Waals surface area contributed by atoms with Gasteiger partial charge < -0.3 is 10.2 Å². The number of carbonyl (C=O) groups is 2. The second kappa shape index (κ2) is 7.55. The normalized spacial score (nSPS) is 30.6. The molecule has 2 fully saturated rings. The van der Waals surface area contributed by atoms with E-state index in [0.717, 1.165) is 6.42 Å². The van der Waals surface area contributed by atoms with E-state index in [4.69, 9.17) is 0 Å². The quantitative estimate of drug-likeness (QED) is 0.759. The first kappa shape index (κ1) is 20.1. The summed E-state index contributed by atoms with van der Waals surface area (Å²) < 4.78 is 37.8. The standard InChI is InChI=1S/C21H25FN2O4S/c22-17-7-2-1-6-16(17)19(25)24-12-4-3-10-21(11-5-8-18(21)24)20(26)23-15-9-13-29(27,28)14-15/h1-4,6-7,15,18H,5,8-14H2,(H,23,26)/t15-,18-,21-/m1/s1. The van der Waals surface area contributed by atoms with Crippen LogP contribution in [0.3, 0.4) is 0 Å². The van der Waals surface area contributed by atoms with Crippen LogP contribution in [0.25, 0.3) is 0 Å². The van der Waals surface area contributed by atoms with Gasteiger partial charge in [-0.25, -0.2) is 12.8 Å². The van der Waals surface area contributed by atoms with Gasteiger partial charge in [-0.05, 0) is 37.8 Å². The molecule has 1 N–H and O–H groups in total. The highest BCUT2D eigenvalue weighted by Gasteiger charge is 2.53. The fourth-order valence-corrected chi connectivity index (χ4v) is 6.64. The zero-order chi connectivity index (χ0) is 20.6. The molecular formula is C21H25FN2O4S. The molecule has 0 unspecified atom stereocenters. The van der Waals surface area contributed by atoms with Crippen LogP contribution in [0.2, 0.25) is 0 Å². The number of rotatable bonds is 3. The summed E-state index contributed by atoms with van der Waals surface area (Å²) in [6, 6.07) is 5.16. The molecule has 2 aliphatic heterocycles. The molecule has 0 radical (unpaired) electrons. The maximum Gasteiger partial charge on any atom is 0.257 e. The van der Waals surface area contributed by atoms with Crippen molar-refractivity contribution in [3.63, 3.8) is 0 Å². The highest BCUT2D eigenvalue weighted by Crippen LogP contribution is 2.46. The monoisotopic (exact) mass is 420 g/mol. The molecule has 0 spiro atoms. The number of carbonyl (C=O) groups excluding carboxylic acids is 2. The van der Waals surface area contributed by atoms with Crippen LogP contribution >= 0.6 is 0 Å². The highest BCUT2D eigenvalue weighted by molar-refractivity contribution is 7.91. The molecule has 156 valence electrons. The SMILES string of the molecule is O=C(c1ccccc1F)N1CC=CC[C@@]2(C(=O)N[C@@H]3CCS(=O)(=O)C3)CCC[C@@H]12. The minimum absolute atomic E-state index is 0.00546. The van der Waals surface area contributed by atoms with E-state index in [0.29, 0.717) is 32.2 Å². The summed E-state index contributed by atoms with van der Waals surface area (Å²) in [5, 5.41) is 2.94. The lowest BCUT2D eigenvalue weighted by Crippen LogP contribution is -2.55. The molecule has 1 aromatic rings. The first-order valence-corrected chi connectivity index (χ1v) is 11.9. The molecule has 2 amide bonds. The number of hydrogen-bond donors (Lipinski definition) is 1. The van der Waals surface area contributed by atoms with Crippen molar-refractivity contribution in [1.29, 1.82) is 0 Å². The number of nitrogens with one attached hydrogen (secondary N) is 1. The number of amides is 2. The van der Waals surface area contributed by atoms with E-state index in [2.05, 4.69) is 5.32 Å². The van der Waals surface area contributed by atoms with E-state index < -0.39 is 27.0 Å². The Bertz CT molecular complexity index is 961. The van der Waals surface area contributed by atoms with Crippen molar-refractivity contribution < 1.29 is 22.4 Å². The van der Waals surface area contributed by atoms with Gasteiger partial charge in [-0.1, -0.05) is 30.7 Å². The Balaban J connectivity index is 1.61. The molecule has 1 saturated carbocycles. The van der Waals surface area contributed by atoms with E-state index in [9.17, 15) is 22.4 Å². The lowest BCUT2D eigenvalue weighted by molar-refractivity contribution is -0.133. The number of hydrogen-bond acceptors (Lipinski definition) is 4. The van der Waals surface area contributed by atoms with Gasteiger partial charge in [0.1, 0.15) is 5.82 Å². The van der Waals surface area contributed by atoms with Crippen LogP contribution in [0.4, 0.5) is 4.39 Å². The molecule has 1 saturated heterocycles. The molecule has 6 nitrogen and oxygen atoms in total. The number of fused-ring (bicyclic) bond motifs is 1. The Morgan fingerprint density at radius 1 is 1.17 bits per heavy atom. The summed E-state index contributed by atoms with van der Waals surface area (Å²) in [4.78, 5) is 28.1. The van der Waals surface area contributed by atoms with Crippen molar-refractivity contribution >= 4 is 21.7 Å². The molecule has 2 heterocycles. The smallest absolute Gasteiger partial charge is 0.257 e. The summed E-state index contributed by atoms with van der Waals surface area (Å²) >= 11 is 0. The van der Waals surface area contributed by atoms with Crippen LogP contribution in [0.1, 0.15) is 42.5 Å². The van der Waals surface area contributed by atoms with Crippen LogP contribution in [-0.4, -0.2) is 55.3 Å². The minimum atomic E-state index is -3.10. The average Bonchev–Trinajstić information content (AvgIpc) is 3.20. The van der Waals surface area contributed by atoms with Crippen LogP contribution < -0.4 is 5.32 Å². The van der Waals surface area contributed by atoms with E-state index >= 15 is 0 Å². The topological polar surface area (TPSA) is 83.6 Å². The van der Waals surface area contributed by atoms with Crippen molar-refractivity contribution in [3.8, 4) is 0 Å². The summed E-state index contributed by atoms with van der Waals surface area (Å²) in [7, 11) is -3.10. The number of sulfone groups is 1. The molecule has 29 heavy (non-hydrogen) atoms. The van der Waals surface area contributed by atoms with E-state index in [1.54, 1.807) is 11.0 Å². The number of benzene rings is 1. The molecule has 4 rings (SSSR count). The molecule has 3 aliphatic rings. The Morgan fingerprint density at radius 3 is 2.69 bits per heavy atom. The van der Waals surface area contributed by atoms with Gasteiger partial charge in [-0.2, -0.15) is 0 Å². The minimum Gasteiger partial charge on any atom is -0.352 e. The van der Waals surface area contributed by atoms with Crippen LogP contribution in [0.5, 0.6) is 0 Å². The first-order chi connectivity index (χ1) is 13.8. The van der Waals surface area contributed by atoms with Gasteiger partial charge in [0.25, 0.3) is 5.91 Å². The fraction of sp³-hybridized carbons (Fsp3) is 0.524. The summed E-state index contributed by atoms with van der Waals surface area (Å²) in [6.45, 7) is 0.324. The maximum atomic E-state index is 14.2. The number of halogens is 1. The molecule has 1 aromatic carbocycles. The van der Waals surface area contributed by atoms with Crippen molar-refractivity contribution in [2.45, 2.75) is 44.2 Å². The predicted octanol–water partition coefficient (Wildman–Crippen LogP) is 2.07. The molecule has 3 atom stereocenters. The second-order valence-electron chi connectivity index (χ2n) is 8.25. The molecule has 0 bridgehead atoms. The molecule has 8 heteroatoms. The average molecular weight is 421 g/mol. The van der Waals surface area contributed by atoms with Gasteiger partial charge in [0, 0.05) is 18.6 Å². The third kappa shape index (κ3) is 3.70. The number of allylic oxidation sites excluding steroid dienone is 1. The third-order valence-electron chi connectivity index (χ3n) is 6.45. The summed E-state index contributed by atoms with van der Waals surface area (Å²) in [5.74, 6) is -1.13.